The van der Waals surface area contributed by atoms with Gasteiger partial charge in [0.15, 0.2) is 11.6 Å². The van der Waals surface area contributed by atoms with Crippen molar-refractivity contribution in [2.45, 2.75) is 59.0 Å². The van der Waals surface area contributed by atoms with Gasteiger partial charge in [0, 0.05) is 34.6 Å². The van der Waals surface area contributed by atoms with Crippen LogP contribution < -0.4 is 9.80 Å². The summed E-state index contributed by atoms with van der Waals surface area (Å²) in [6.07, 6.45) is 5.88. The Labute approximate surface area is 179 Å². The fraction of sp³-hybridized carbons (Fsp3) is 0.385. The highest BCUT2D eigenvalue weighted by atomic mass is 15.5. The zero-order chi connectivity index (χ0) is 21.1. The molecule has 2 aromatic carbocycles. The minimum Gasteiger partial charge on any atom is -0.301 e. The minimum absolute atomic E-state index is 0.0131. The van der Waals surface area contributed by atoms with E-state index in [1.54, 1.807) is 0 Å². The smallest absolute Gasteiger partial charge is 0.178 e. The van der Waals surface area contributed by atoms with Crippen LogP contribution in [0.5, 0.6) is 0 Å². The highest BCUT2D eigenvalue weighted by Crippen LogP contribution is 2.63. The van der Waals surface area contributed by atoms with Crippen molar-refractivity contribution in [2.24, 2.45) is 5.41 Å². The van der Waals surface area contributed by atoms with E-state index in [0.29, 0.717) is 0 Å². The molecule has 154 valence electrons. The molecule has 2 aliphatic rings. The van der Waals surface area contributed by atoms with Crippen molar-refractivity contribution in [2.75, 3.05) is 9.80 Å². The maximum Gasteiger partial charge on any atom is 0.178 e. The molecule has 30 heavy (non-hydrogen) atoms. The van der Waals surface area contributed by atoms with Crippen molar-refractivity contribution in [3.05, 3.63) is 72.1 Å². The first kappa shape index (κ1) is 19.1. The number of hydrogen-bond acceptors (Lipinski definition) is 4. The van der Waals surface area contributed by atoms with Gasteiger partial charge in [-0.1, -0.05) is 64.1 Å². The van der Waals surface area contributed by atoms with Crippen LogP contribution in [-0.4, -0.2) is 16.1 Å². The number of nitrogens with zero attached hydrogens (tertiary/aromatic N) is 4. The molecule has 4 nitrogen and oxygen atoms in total. The number of benzene rings is 2. The van der Waals surface area contributed by atoms with Crippen LogP contribution in [0.1, 0.15) is 51.7 Å². The molecule has 0 N–H and O–H groups in total. The lowest BCUT2D eigenvalue weighted by atomic mass is 9.55. The van der Waals surface area contributed by atoms with Crippen LogP contribution in [0.15, 0.2) is 60.9 Å². The van der Waals surface area contributed by atoms with Crippen LogP contribution in [-0.2, 0) is 5.41 Å². The van der Waals surface area contributed by atoms with Crippen molar-refractivity contribution >= 4 is 23.0 Å². The van der Waals surface area contributed by atoms with Crippen LogP contribution in [0.4, 0.5) is 23.0 Å². The fourth-order valence-electron chi connectivity index (χ4n) is 5.82. The molecule has 0 fully saturated rings. The first-order valence-electron chi connectivity index (χ1n) is 11.0. The number of aryl methyl sites for hydroxylation is 1. The quantitative estimate of drug-likeness (QED) is 0.504. The predicted molar refractivity (Wildman–Crippen MR) is 124 cm³/mol. The Bertz CT molecular complexity index is 1110. The van der Waals surface area contributed by atoms with E-state index >= 15 is 0 Å². The maximum absolute atomic E-state index is 4.85. The third-order valence-corrected chi connectivity index (χ3v) is 8.01. The van der Waals surface area contributed by atoms with Gasteiger partial charge in [0.05, 0.1) is 0 Å². The van der Waals surface area contributed by atoms with Crippen molar-refractivity contribution in [1.82, 2.24) is 9.97 Å². The van der Waals surface area contributed by atoms with E-state index in [9.17, 15) is 0 Å². The molecule has 0 saturated carbocycles. The minimum atomic E-state index is -0.0131. The second-order valence-electron chi connectivity index (χ2n) is 9.08. The van der Waals surface area contributed by atoms with Crippen LogP contribution in [0.25, 0.3) is 0 Å². The summed E-state index contributed by atoms with van der Waals surface area (Å²) in [6.45, 7) is 11.8. The molecule has 5 rings (SSSR count). The number of fused-ring (bicyclic) bond motifs is 5. The molecule has 2 aliphatic heterocycles. The van der Waals surface area contributed by atoms with Crippen LogP contribution in [0, 0.1) is 12.3 Å². The topological polar surface area (TPSA) is 32.3 Å². The highest BCUT2D eigenvalue weighted by molar-refractivity contribution is 5.87. The van der Waals surface area contributed by atoms with Gasteiger partial charge >= 0.3 is 0 Å². The number of anilines is 4. The van der Waals surface area contributed by atoms with Crippen LogP contribution in [0.2, 0.25) is 0 Å². The first-order valence-corrected chi connectivity index (χ1v) is 11.0. The molecule has 0 saturated heterocycles. The van der Waals surface area contributed by atoms with Crippen LogP contribution in [0.3, 0.4) is 0 Å². The third-order valence-electron chi connectivity index (χ3n) is 8.01. The average Bonchev–Trinajstić information content (AvgIpc) is 3.13. The molecular weight excluding hydrogens is 368 g/mol. The highest BCUT2D eigenvalue weighted by Gasteiger charge is 2.61. The lowest BCUT2D eigenvalue weighted by molar-refractivity contribution is 0.0963. The molecule has 0 bridgehead atoms. The van der Waals surface area contributed by atoms with Gasteiger partial charge < -0.3 is 9.80 Å². The van der Waals surface area contributed by atoms with Crippen molar-refractivity contribution in [3.63, 3.8) is 0 Å². The summed E-state index contributed by atoms with van der Waals surface area (Å²) in [7, 11) is 0. The van der Waals surface area contributed by atoms with E-state index in [-0.39, 0.29) is 17.0 Å². The fourth-order valence-corrected chi connectivity index (χ4v) is 5.82. The molecule has 3 heterocycles. The monoisotopic (exact) mass is 398 g/mol. The zero-order valence-corrected chi connectivity index (χ0v) is 18.6. The van der Waals surface area contributed by atoms with Gasteiger partial charge in [-0.2, -0.15) is 0 Å². The van der Waals surface area contributed by atoms with Gasteiger partial charge in [0.25, 0.3) is 0 Å². The third kappa shape index (κ3) is 2.22. The molecule has 0 aliphatic carbocycles. The molecule has 3 atom stereocenters. The average molecular weight is 399 g/mol. The van der Waals surface area contributed by atoms with E-state index < -0.39 is 0 Å². The summed E-state index contributed by atoms with van der Waals surface area (Å²) >= 11 is 0. The van der Waals surface area contributed by atoms with Gasteiger partial charge in [0.1, 0.15) is 6.17 Å². The van der Waals surface area contributed by atoms with E-state index in [1.807, 2.05) is 12.4 Å². The summed E-state index contributed by atoms with van der Waals surface area (Å²) < 4.78 is 0. The van der Waals surface area contributed by atoms with Gasteiger partial charge in [-0.3, -0.25) is 0 Å². The Morgan fingerprint density at radius 2 is 1.37 bits per heavy atom. The maximum atomic E-state index is 4.85. The van der Waals surface area contributed by atoms with E-state index in [4.69, 9.17) is 9.97 Å². The molecule has 1 aromatic heterocycles. The Balaban J connectivity index is 1.87. The largest absolute Gasteiger partial charge is 0.301 e. The summed E-state index contributed by atoms with van der Waals surface area (Å²) in [6, 6.07) is 17.5. The summed E-state index contributed by atoms with van der Waals surface area (Å²) in [4.78, 5) is 14.6. The van der Waals surface area contributed by atoms with Crippen molar-refractivity contribution in [1.29, 1.82) is 0 Å². The first-order chi connectivity index (χ1) is 14.5. The zero-order valence-electron chi connectivity index (χ0n) is 18.6. The summed E-state index contributed by atoms with van der Waals surface area (Å²) in [5.74, 6) is 1.91. The second kappa shape index (κ2) is 6.56. The summed E-state index contributed by atoms with van der Waals surface area (Å²) in [5.41, 5.74) is 5.16. The Hall–Kier alpha value is -2.88. The van der Waals surface area contributed by atoms with E-state index in [2.05, 4.69) is 92.9 Å². The van der Waals surface area contributed by atoms with Gasteiger partial charge in [-0.25, -0.2) is 9.97 Å². The van der Waals surface area contributed by atoms with E-state index in [0.717, 1.165) is 24.5 Å². The molecule has 3 aromatic rings. The van der Waals surface area contributed by atoms with Gasteiger partial charge in [-0.15, -0.1) is 0 Å². The number of hydrogen-bond donors (Lipinski definition) is 0. The normalized spacial score (nSPS) is 26.9. The standard InChI is InChI=1S/C26H30N4/c1-6-25(4)19-13-9-11-15-21(19)30-23-22(27-16-17-28-23)29(24(30)26(25,5)7-2)20-14-10-8-12-18(20)3/h8-17,24H,6-7H2,1-5H3. The Kier molecular flexibility index (Phi) is 4.18. The van der Waals surface area contributed by atoms with Gasteiger partial charge in [0.2, 0.25) is 0 Å². The lowest BCUT2D eigenvalue weighted by Crippen LogP contribution is -2.62. The molecule has 0 amide bonds. The molecule has 0 radical (unpaired) electrons. The molecule has 4 heteroatoms. The number of para-hydroxylation sites is 2. The number of rotatable bonds is 3. The van der Waals surface area contributed by atoms with Gasteiger partial charge in [-0.05, 0) is 43.0 Å². The SMILES string of the molecule is CCC1(C)c2ccccc2N2c3nccnc3N(c3ccccc3C)C2C1(C)CC. The second-order valence-corrected chi connectivity index (χ2v) is 9.08. The molecular formula is C26H30N4. The van der Waals surface area contributed by atoms with Crippen molar-refractivity contribution < 1.29 is 0 Å². The number of aromatic nitrogens is 2. The van der Waals surface area contributed by atoms with Crippen molar-refractivity contribution in [3.8, 4) is 0 Å². The predicted octanol–water partition coefficient (Wildman–Crippen LogP) is 6.50. The molecule has 0 spiro atoms. The Morgan fingerprint density at radius 1 is 0.800 bits per heavy atom. The van der Waals surface area contributed by atoms with Crippen LogP contribution >= 0.6 is 0 Å². The Morgan fingerprint density at radius 3 is 1.97 bits per heavy atom. The lowest BCUT2D eigenvalue weighted by Gasteiger charge is -2.58. The van der Waals surface area contributed by atoms with E-state index in [1.165, 1.54) is 22.5 Å². The summed E-state index contributed by atoms with van der Waals surface area (Å²) in [5, 5.41) is 0. The molecule has 3 unspecified atom stereocenters.